The number of halogens is 1. The van der Waals surface area contributed by atoms with Crippen molar-refractivity contribution in [2.45, 2.75) is 84.0 Å². The minimum Gasteiger partial charge on any atom is -0.444 e. The van der Waals surface area contributed by atoms with Gasteiger partial charge >= 0.3 is 13.2 Å². The standard InChI is InChI=1S/C23H34BFN2O4/c1-21(2,3)29-20(28)27-12-10-16(11-13-27)17-8-9-18(26-15-17)14-19(25)24-30-22(4,5)23(6,7)31-24/h8-9,14-16H,10-13H2,1-7H3. The van der Waals surface area contributed by atoms with E-state index in [2.05, 4.69) is 4.98 Å². The molecule has 31 heavy (non-hydrogen) atoms. The average Bonchev–Trinajstić information content (AvgIpc) is 2.89. The highest BCUT2D eigenvalue weighted by atomic mass is 19.1. The first-order valence-corrected chi connectivity index (χ1v) is 10.9. The van der Waals surface area contributed by atoms with Gasteiger partial charge in [0, 0.05) is 19.3 Å². The van der Waals surface area contributed by atoms with Crippen molar-refractivity contribution in [3.8, 4) is 0 Å². The number of aromatic nitrogens is 1. The molecule has 3 heterocycles. The molecule has 0 aromatic carbocycles. The fourth-order valence-corrected chi connectivity index (χ4v) is 3.63. The highest BCUT2D eigenvalue weighted by Crippen LogP contribution is 2.39. The Labute approximate surface area is 185 Å². The molecule has 2 saturated heterocycles. The van der Waals surface area contributed by atoms with E-state index in [4.69, 9.17) is 14.0 Å². The molecule has 0 spiro atoms. The second-order valence-corrected chi connectivity index (χ2v) is 10.4. The molecule has 1 aromatic heterocycles. The van der Waals surface area contributed by atoms with Crippen LogP contribution in [0.15, 0.2) is 24.1 Å². The van der Waals surface area contributed by atoms with Crippen molar-refractivity contribution in [1.29, 1.82) is 0 Å². The van der Waals surface area contributed by atoms with Gasteiger partial charge in [-0.3, -0.25) is 4.98 Å². The molecule has 0 N–H and O–H groups in total. The Balaban J connectivity index is 1.58. The van der Waals surface area contributed by atoms with E-state index in [9.17, 15) is 9.18 Å². The van der Waals surface area contributed by atoms with Gasteiger partial charge in [-0.1, -0.05) is 6.07 Å². The first-order chi connectivity index (χ1) is 14.3. The van der Waals surface area contributed by atoms with Crippen LogP contribution < -0.4 is 0 Å². The van der Waals surface area contributed by atoms with E-state index < -0.39 is 29.6 Å². The summed E-state index contributed by atoms with van der Waals surface area (Å²) in [7, 11) is -1.02. The molecule has 8 heteroatoms. The lowest BCUT2D eigenvalue weighted by Gasteiger charge is -2.33. The zero-order chi connectivity index (χ0) is 23.0. The van der Waals surface area contributed by atoms with Gasteiger partial charge in [0.1, 0.15) is 11.3 Å². The summed E-state index contributed by atoms with van der Waals surface area (Å²) in [5.74, 6) is 0.317. The van der Waals surface area contributed by atoms with Gasteiger partial charge in [0.2, 0.25) is 0 Å². The molecule has 2 aliphatic heterocycles. The van der Waals surface area contributed by atoms with Crippen LogP contribution in [0, 0.1) is 0 Å². The third-order valence-electron chi connectivity index (χ3n) is 6.19. The highest BCUT2D eigenvalue weighted by Gasteiger charge is 2.53. The SMILES string of the molecule is CC(C)(C)OC(=O)N1CCC(c2ccc(C=C(F)B3OC(C)(C)C(C)(C)O3)nc2)CC1. The van der Waals surface area contributed by atoms with Crippen molar-refractivity contribution in [2.75, 3.05) is 13.1 Å². The van der Waals surface area contributed by atoms with Crippen LogP contribution in [0.25, 0.3) is 6.08 Å². The lowest BCUT2D eigenvalue weighted by Crippen LogP contribution is -2.41. The molecule has 170 valence electrons. The molecule has 2 fully saturated rings. The number of hydrogen-bond acceptors (Lipinski definition) is 5. The van der Waals surface area contributed by atoms with Crippen LogP contribution in [0.4, 0.5) is 9.18 Å². The number of likely N-dealkylation sites (tertiary alicyclic amines) is 1. The topological polar surface area (TPSA) is 60.9 Å². The first kappa shape index (κ1) is 23.7. The fraction of sp³-hybridized carbons (Fsp3) is 0.652. The Bertz CT molecular complexity index is 809. The number of rotatable bonds is 3. The van der Waals surface area contributed by atoms with Gasteiger partial charge in [-0.2, -0.15) is 0 Å². The van der Waals surface area contributed by atoms with Gasteiger partial charge in [0.25, 0.3) is 0 Å². The van der Waals surface area contributed by atoms with Crippen LogP contribution in [0.3, 0.4) is 0 Å². The van der Waals surface area contributed by atoms with Crippen molar-refractivity contribution in [3.63, 3.8) is 0 Å². The second-order valence-electron chi connectivity index (χ2n) is 10.4. The first-order valence-electron chi connectivity index (χ1n) is 10.9. The Kier molecular flexibility index (Phi) is 6.54. The van der Waals surface area contributed by atoms with Gasteiger partial charge in [0.05, 0.1) is 16.9 Å². The van der Waals surface area contributed by atoms with Crippen LogP contribution in [0.5, 0.6) is 0 Å². The highest BCUT2D eigenvalue weighted by molar-refractivity contribution is 6.54. The van der Waals surface area contributed by atoms with E-state index in [1.807, 2.05) is 54.5 Å². The van der Waals surface area contributed by atoms with Crippen molar-refractivity contribution >= 4 is 19.3 Å². The van der Waals surface area contributed by atoms with Crippen molar-refractivity contribution in [1.82, 2.24) is 9.88 Å². The van der Waals surface area contributed by atoms with Crippen molar-refractivity contribution < 1.29 is 23.2 Å². The molecule has 0 radical (unpaired) electrons. The maximum absolute atomic E-state index is 14.7. The molecule has 0 atom stereocenters. The van der Waals surface area contributed by atoms with Crippen molar-refractivity contribution in [3.05, 3.63) is 35.3 Å². The van der Waals surface area contributed by atoms with E-state index >= 15 is 0 Å². The van der Waals surface area contributed by atoms with Crippen LogP contribution in [0.1, 0.15) is 78.5 Å². The Morgan fingerprint density at radius 3 is 2.26 bits per heavy atom. The predicted octanol–water partition coefficient (Wildman–Crippen LogP) is 5.14. The lowest BCUT2D eigenvalue weighted by atomic mass is 9.87. The van der Waals surface area contributed by atoms with Crippen LogP contribution >= 0.6 is 0 Å². The number of ether oxygens (including phenoxy) is 1. The van der Waals surface area contributed by atoms with Gasteiger partial charge in [-0.25, -0.2) is 9.18 Å². The Hall–Kier alpha value is -1.93. The molecular formula is C23H34BFN2O4. The van der Waals surface area contributed by atoms with E-state index in [-0.39, 0.29) is 6.09 Å². The smallest absolute Gasteiger partial charge is 0.444 e. The third kappa shape index (κ3) is 5.66. The van der Waals surface area contributed by atoms with Crippen LogP contribution in [-0.4, -0.2) is 53.0 Å². The van der Waals surface area contributed by atoms with E-state index in [0.29, 0.717) is 24.7 Å². The molecule has 1 amide bonds. The number of hydrogen-bond donors (Lipinski definition) is 0. The molecule has 0 bridgehead atoms. The summed E-state index contributed by atoms with van der Waals surface area (Å²) in [6.45, 7) is 14.5. The zero-order valence-electron chi connectivity index (χ0n) is 19.7. The number of piperidine rings is 1. The normalized spacial score (nSPS) is 22.0. The third-order valence-corrected chi connectivity index (χ3v) is 6.19. The molecule has 0 saturated carbocycles. The maximum Gasteiger partial charge on any atom is 0.525 e. The van der Waals surface area contributed by atoms with E-state index in [0.717, 1.165) is 18.4 Å². The molecule has 1 aromatic rings. The minimum absolute atomic E-state index is 0.261. The second kappa shape index (κ2) is 8.55. The zero-order valence-corrected chi connectivity index (χ0v) is 19.7. The number of carbonyl (C=O) groups excluding carboxylic acids is 1. The summed E-state index contributed by atoms with van der Waals surface area (Å²) in [5, 5.41) is 0. The Morgan fingerprint density at radius 2 is 1.77 bits per heavy atom. The quantitative estimate of drug-likeness (QED) is 0.620. The molecule has 0 unspecified atom stereocenters. The molecule has 2 aliphatic rings. The summed E-state index contributed by atoms with van der Waals surface area (Å²) in [4.78, 5) is 18.4. The summed E-state index contributed by atoms with van der Waals surface area (Å²) >= 11 is 0. The van der Waals surface area contributed by atoms with Crippen LogP contribution in [0.2, 0.25) is 0 Å². The largest absolute Gasteiger partial charge is 0.525 e. The minimum atomic E-state index is -1.02. The molecule has 3 rings (SSSR count). The van der Waals surface area contributed by atoms with Gasteiger partial charge in [-0.15, -0.1) is 0 Å². The summed E-state index contributed by atoms with van der Waals surface area (Å²) in [6.07, 6.45) is 4.58. The molecule has 0 aliphatic carbocycles. The summed E-state index contributed by atoms with van der Waals surface area (Å²) in [6, 6.07) is 3.78. The average molecular weight is 432 g/mol. The van der Waals surface area contributed by atoms with E-state index in [1.165, 1.54) is 6.08 Å². The summed E-state index contributed by atoms with van der Waals surface area (Å²) in [5.41, 5.74) is -0.553. The number of carbonyl (C=O) groups is 1. The van der Waals surface area contributed by atoms with Crippen molar-refractivity contribution in [2.24, 2.45) is 0 Å². The monoisotopic (exact) mass is 432 g/mol. The molecular weight excluding hydrogens is 398 g/mol. The van der Waals surface area contributed by atoms with Gasteiger partial charge in [-0.05, 0) is 84.9 Å². The fourth-order valence-electron chi connectivity index (χ4n) is 3.63. The maximum atomic E-state index is 14.7. The summed E-state index contributed by atoms with van der Waals surface area (Å²) < 4.78 is 31.6. The molecule has 6 nitrogen and oxygen atoms in total. The van der Waals surface area contributed by atoms with Crippen LogP contribution in [-0.2, 0) is 14.0 Å². The number of amides is 1. The number of nitrogens with zero attached hydrogens (tertiary/aromatic N) is 2. The van der Waals surface area contributed by atoms with Gasteiger partial charge < -0.3 is 18.9 Å². The Morgan fingerprint density at radius 1 is 1.19 bits per heavy atom. The van der Waals surface area contributed by atoms with Gasteiger partial charge in [0.15, 0.2) is 0 Å². The lowest BCUT2D eigenvalue weighted by molar-refractivity contribution is 0.00578. The number of pyridine rings is 1. The van der Waals surface area contributed by atoms with E-state index in [1.54, 1.807) is 17.2 Å². The predicted molar refractivity (Wildman–Crippen MR) is 119 cm³/mol.